The second kappa shape index (κ2) is 7.04. The molecule has 0 radical (unpaired) electrons. The summed E-state index contributed by atoms with van der Waals surface area (Å²) in [5.41, 5.74) is 1.39. The van der Waals surface area contributed by atoms with Crippen molar-refractivity contribution >= 4 is 28.3 Å². The Hall–Kier alpha value is -2.35. The highest BCUT2D eigenvalue weighted by atomic mass is 32.1. The van der Waals surface area contributed by atoms with Crippen molar-refractivity contribution in [3.05, 3.63) is 28.8 Å². The van der Waals surface area contributed by atoms with Crippen LogP contribution in [0.3, 0.4) is 0 Å². The molecule has 2 aromatic rings. The molecule has 8 heteroatoms. The quantitative estimate of drug-likeness (QED) is 0.783. The highest BCUT2D eigenvalue weighted by Crippen LogP contribution is 2.25. The maximum Gasteiger partial charge on any atom is 0.343 e. The van der Waals surface area contributed by atoms with Gasteiger partial charge in [0.15, 0.2) is 5.13 Å². The van der Waals surface area contributed by atoms with E-state index in [9.17, 15) is 4.79 Å². The average Bonchev–Trinajstić information content (AvgIpc) is 3.07. The topological polar surface area (TPSA) is 67.8 Å². The Balaban J connectivity index is 1.71. The van der Waals surface area contributed by atoms with Crippen molar-refractivity contribution in [1.29, 1.82) is 0 Å². The van der Waals surface area contributed by atoms with Gasteiger partial charge in [0, 0.05) is 31.6 Å². The first-order chi connectivity index (χ1) is 11.6. The lowest BCUT2D eigenvalue weighted by atomic mass is 10.2. The van der Waals surface area contributed by atoms with E-state index < -0.39 is 5.97 Å². The predicted octanol–water partition coefficient (Wildman–Crippen LogP) is 1.97. The number of hydrogen-bond donors (Lipinski definition) is 0. The van der Waals surface area contributed by atoms with E-state index in [4.69, 9.17) is 9.47 Å². The molecule has 0 amide bonds. The Kier molecular flexibility index (Phi) is 4.84. The van der Waals surface area contributed by atoms with Crippen LogP contribution in [-0.2, 0) is 4.74 Å². The molecule has 1 fully saturated rings. The van der Waals surface area contributed by atoms with Gasteiger partial charge in [-0.3, -0.25) is 0 Å². The van der Waals surface area contributed by atoms with Crippen molar-refractivity contribution in [3.8, 4) is 5.88 Å². The summed E-state index contributed by atoms with van der Waals surface area (Å²) in [6.45, 7) is 5.46. The SMILES string of the molecule is COC(=O)c1ccc(N2CCN(c3nc(C)cs3)CC2)nc1OC. The number of aryl methyl sites for hydroxylation is 1. The summed E-state index contributed by atoms with van der Waals surface area (Å²) in [4.78, 5) is 25.2. The zero-order valence-corrected chi connectivity index (χ0v) is 14.8. The monoisotopic (exact) mass is 348 g/mol. The van der Waals surface area contributed by atoms with Crippen LogP contribution < -0.4 is 14.5 Å². The highest BCUT2D eigenvalue weighted by molar-refractivity contribution is 7.13. The standard InChI is InChI=1S/C16H20N4O3S/c1-11-10-24-16(17-11)20-8-6-19(7-9-20)13-5-4-12(15(21)23-3)14(18-13)22-2/h4-5,10H,6-9H2,1-3H3. The minimum Gasteiger partial charge on any atom is -0.480 e. The van der Waals surface area contributed by atoms with Gasteiger partial charge in [-0.05, 0) is 19.1 Å². The number of methoxy groups -OCH3 is 2. The summed E-state index contributed by atoms with van der Waals surface area (Å²) in [6.07, 6.45) is 0. The molecule has 0 bridgehead atoms. The van der Waals surface area contributed by atoms with Crippen LogP contribution in [0.1, 0.15) is 16.1 Å². The number of piperazine rings is 1. The number of ether oxygens (including phenoxy) is 2. The normalized spacial score (nSPS) is 14.6. The van der Waals surface area contributed by atoms with Crippen molar-refractivity contribution in [1.82, 2.24) is 9.97 Å². The second-order valence-electron chi connectivity index (χ2n) is 5.46. The van der Waals surface area contributed by atoms with Crippen LogP contribution in [0.5, 0.6) is 5.88 Å². The minimum atomic E-state index is -0.449. The molecule has 1 aliphatic rings. The fourth-order valence-electron chi connectivity index (χ4n) is 2.64. The van der Waals surface area contributed by atoms with Crippen molar-refractivity contribution in [2.24, 2.45) is 0 Å². The van der Waals surface area contributed by atoms with Crippen LogP contribution in [0.2, 0.25) is 0 Å². The molecule has 24 heavy (non-hydrogen) atoms. The predicted molar refractivity (Wildman–Crippen MR) is 93.4 cm³/mol. The number of pyridine rings is 1. The second-order valence-corrected chi connectivity index (χ2v) is 6.30. The van der Waals surface area contributed by atoms with E-state index in [0.29, 0.717) is 5.56 Å². The number of nitrogens with zero attached hydrogens (tertiary/aromatic N) is 4. The first-order valence-corrected chi connectivity index (χ1v) is 8.55. The van der Waals surface area contributed by atoms with Gasteiger partial charge in [-0.2, -0.15) is 4.98 Å². The van der Waals surface area contributed by atoms with E-state index in [1.54, 1.807) is 17.4 Å². The first-order valence-electron chi connectivity index (χ1n) is 7.67. The number of aromatic nitrogens is 2. The molecule has 0 unspecified atom stereocenters. The maximum absolute atomic E-state index is 11.7. The van der Waals surface area contributed by atoms with Gasteiger partial charge in [0.1, 0.15) is 11.4 Å². The van der Waals surface area contributed by atoms with Gasteiger partial charge in [0.2, 0.25) is 5.88 Å². The van der Waals surface area contributed by atoms with E-state index in [1.165, 1.54) is 14.2 Å². The highest BCUT2D eigenvalue weighted by Gasteiger charge is 2.22. The maximum atomic E-state index is 11.7. The van der Waals surface area contributed by atoms with Crippen molar-refractivity contribution in [3.63, 3.8) is 0 Å². The average molecular weight is 348 g/mol. The summed E-state index contributed by atoms with van der Waals surface area (Å²) in [5.74, 6) is 0.640. The molecule has 3 rings (SSSR count). The Bertz CT molecular complexity index is 726. The zero-order valence-electron chi connectivity index (χ0n) is 14.0. The lowest BCUT2D eigenvalue weighted by molar-refractivity contribution is 0.0596. The molecule has 0 atom stereocenters. The Labute approximate surface area is 144 Å². The molecule has 0 aliphatic carbocycles. The van der Waals surface area contributed by atoms with Gasteiger partial charge < -0.3 is 19.3 Å². The number of carbonyl (C=O) groups is 1. The van der Waals surface area contributed by atoms with Crippen LogP contribution in [-0.4, -0.2) is 56.3 Å². The smallest absolute Gasteiger partial charge is 0.343 e. The third kappa shape index (κ3) is 3.28. The summed E-state index contributed by atoms with van der Waals surface area (Å²) in [5, 5.41) is 3.14. The Morgan fingerprint density at radius 3 is 2.42 bits per heavy atom. The van der Waals surface area contributed by atoms with Crippen LogP contribution in [0.15, 0.2) is 17.5 Å². The zero-order chi connectivity index (χ0) is 17.1. The lowest BCUT2D eigenvalue weighted by Crippen LogP contribution is -2.46. The Morgan fingerprint density at radius 1 is 1.12 bits per heavy atom. The fourth-order valence-corrected chi connectivity index (χ4v) is 3.50. The molecule has 0 N–H and O–H groups in total. The van der Waals surface area contributed by atoms with Gasteiger partial charge in [-0.15, -0.1) is 11.3 Å². The summed E-state index contributed by atoms with van der Waals surface area (Å²) in [7, 11) is 2.84. The number of esters is 1. The van der Waals surface area contributed by atoms with E-state index in [-0.39, 0.29) is 5.88 Å². The molecular formula is C16H20N4O3S. The molecule has 1 saturated heterocycles. The molecule has 2 aromatic heterocycles. The fraction of sp³-hybridized carbons (Fsp3) is 0.438. The van der Waals surface area contributed by atoms with Crippen molar-refractivity contribution in [2.75, 3.05) is 50.2 Å². The molecule has 128 valence electrons. The number of rotatable bonds is 4. The summed E-state index contributed by atoms with van der Waals surface area (Å²) in [6, 6.07) is 3.53. The van der Waals surface area contributed by atoms with Gasteiger partial charge >= 0.3 is 5.97 Å². The molecule has 0 spiro atoms. The summed E-state index contributed by atoms with van der Waals surface area (Å²) >= 11 is 1.68. The van der Waals surface area contributed by atoms with E-state index in [1.807, 2.05) is 13.0 Å². The van der Waals surface area contributed by atoms with Crippen LogP contribution in [0.4, 0.5) is 10.9 Å². The van der Waals surface area contributed by atoms with E-state index >= 15 is 0 Å². The van der Waals surface area contributed by atoms with E-state index in [2.05, 4.69) is 25.1 Å². The van der Waals surface area contributed by atoms with Crippen LogP contribution in [0.25, 0.3) is 0 Å². The minimum absolute atomic E-state index is 0.289. The van der Waals surface area contributed by atoms with Crippen LogP contribution in [0, 0.1) is 6.92 Å². The molecule has 7 nitrogen and oxygen atoms in total. The van der Waals surface area contributed by atoms with Crippen molar-refractivity contribution < 1.29 is 14.3 Å². The molecular weight excluding hydrogens is 328 g/mol. The Morgan fingerprint density at radius 2 is 1.83 bits per heavy atom. The largest absolute Gasteiger partial charge is 0.480 e. The first kappa shape index (κ1) is 16.5. The van der Waals surface area contributed by atoms with Crippen molar-refractivity contribution in [2.45, 2.75) is 6.92 Å². The van der Waals surface area contributed by atoms with Gasteiger partial charge in [-0.1, -0.05) is 0 Å². The van der Waals surface area contributed by atoms with E-state index in [0.717, 1.165) is 42.8 Å². The number of carbonyl (C=O) groups excluding carboxylic acids is 1. The van der Waals surface area contributed by atoms with Gasteiger partial charge in [0.05, 0.1) is 19.9 Å². The van der Waals surface area contributed by atoms with Crippen LogP contribution >= 0.6 is 11.3 Å². The van der Waals surface area contributed by atoms with Gasteiger partial charge in [-0.25, -0.2) is 9.78 Å². The third-order valence-electron chi connectivity index (χ3n) is 3.93. The number of anilines is 2. The third-order valence-corrected chi connectivity index (χ3v) is 4.94. The molecule has 3 heterocycles. The lowest BCUT2D eigenvalue weighted by Gasteiger charge is -2.35. The number of thiazole rings is 1. The number of hydrogen-bond acceptors (Lipinski definition) is 8. The van der Waals surface area contributed by atoms with Gasteiger partial charge in [0.25, 0.3) is 0 Å². The molecule has 0 aromatic carbocycles. The molecule has 0 saturated carbocycles. The molecule has 1 aliphatic heterocycles. The summed E-state index contributed by atoms with van der Waals surface area (Å²) < 4.78 is 9.98.